The first kappa shape index (κ1) is 15.4. The Morgan fingerprint density at radius 1 is 1.30 bits per heavy atom. The number of carbonyl (C=O) groups excluding carboxylic acids is 3. The van der Waals surface area contributed by atoms with Gasteiger partial charge < -0.3 is 10.6 Å². The lowest BCUT2D eigenvalue weighted by molar-refractivity contribution is -0.126. The van der Waals surface area contributed by atoms with Gasteiger partial charge in [0.1, 0.15) is 6.04 Å². The predicted octanol–water partition coefficient (Wildman–Crippen LogP) is 0.943. The summed E-state index contributed by atoms with van der Waals surface area (Å²) in [5.74, 6) is -0.712. The van der Waals surface area contributed by atoms with Crippen molar-refractivity contribution in [1.29, 1.82) is 0 Å². The largest absolute Gasteiger partial charge is 0.356 e. The highest BCUT2D eigenvalue weighted by atomic mass is 32.1. The second-order valence-electron chi connectivity index (χ2n) is 5.25. The van der Waals surface area contributed by atoms with Crippen LogP contribution in [0.4, 0.5) is 4.79 Å². The molecule has 4 amide bonds. The fraction of sp³-hybridized carbons (Fsp3) is 0.333. The fourth-order valence-electron chi connectivity index (χ4n) is 2.35. The number of imide groups is 1. The van der Waals surface area contributed by atoms with E-state index in [-0.39, 0.29) is 12.3 Å². The second kappa shape index (κ2) is 6.74. The van der Waals surface area contributed by atoms with Crippen molar-refractivity contribution in [3.8, 4) is 0 Å². The molecule has 3 N–H and O–H groups in total. The predicted molar refractivity (Wildman–Crippen MR) is 86.0 cm³/mol. The number of aromatic nitrogens is 1. The summed E-state index contributed by atoms with van der Waals surface area (Å²) < 4.78 is 1.16. The molecule has 1 saturated heterocycles. The van der Waals surface area contributed by atoms with Crippen LogP contribution in [0.2, 0.25) is 0 Å². The molecule has 120 valence electrons. The molecule has 1 aliphatic rings. The van der Waals surface area contributed by atoms with E-state index in [1.54, 1.807) is 11.3 Å². The lowest BCUT2D eigenvalue weighted by atomic mass is 10.2. The Bertz CT molecular complexity index is 725. The number of thiazole rings is 1. The van der Waals surface area contributed by atoms with Gasteiger partial charge in [-0.1, -0.05) is 12.1 Å². The summed E-state index contributed by atoms with van der Waals surface area (Å²) in [4.78, 5) is 38.6. The van der Waals surface area contributed by atoms with Gasteiger partial charge in [-0.15, -0.1) is 11.3 Å². The molecule has 8 heteroatoms. The molecular formula is C15H16N4O3S. The average molecular weight is 332 g/mol. The van der Waals surface area contributed by atoms with Gasteiger partial charge in [-0.05, 0) is 18.6 Å². The smallest absolute Gasteiger partial charge is 0.322 e. The number of hydrogen-bond acceptors (Lipinski definition) is 5. The summed E-state index contributed by atoms with van der Waals surface area (Å²) in [6.07, 6.45) is 1.52. The van der Waals surface area contributed by atoms with E-state index in [4.69, 9.17) is 0 Å². The Hall–Kier alpha value is -2.48. The summed E-state index contributed by atoms with van der Waals surface area (Å²) in [5.41, 5.74) is 1.000. The van der Waals surface area contributed by atoms with Crippen LogP contribution < -0.4 is 16.0 Å². The van der Waals surface area contributed by atoms with Crippen LogP contribution in [0.25, 0.3) is 10.2 Å². The maximum Gasteiger partial charge on any atom is 0.322 e. The van der Waals surface area contributed by atoms with Crippen molar-refractivity contribution in [1.82, 2.24) is 20.9 Å². The van der Waals surface area contributed by atoms with Crippen molar-refractivity contribution in [3.63, 3.8) is 0 Å². The number of rotatable bonds is 6. The number of amides is 4. The Labute approximate surface area is 136 Å². The molecule has 1 atom stereocenters. The van der Waals surface area contributed by atoms with Crippen LogP contribution >= 0.6 is 11.3 Å². The number of para-hydroxylation sites is 1. The van der Waals surface area contributed by atoms with Crippen LogP contribution in [0.15, 0.2) is 24.3 Å². The summed E-state index contributed by atoms with van der Waals surface area (Å²) in [6.45, 7) is 0.511. The van der Waals surface area contributed by atoms with Gasteiger partial charge >= 0.3 is 6.03 Å². The minimum absolute atomic E-state index is 0.0429. The van der Waals surface area contributed by atoms with Crippen molar-refractivity contribution in [2.75, 3.05) is 6.54 Å². The molecule has 1 aromatic carbocycles. The number of hydrogen-bond donors (Lipinski definition) is 3. The molecule has 3 rings (SSSR count). The quantitative estimate of drug-likeness (QED) is 0.541. The zero-order valence-electron chi connectivity index (χ0n) is 12.3. The number of nitrogens with one attached hydrogen (secondary N) is 3. The zero-order chi connectivity index (χ0) is 16.2. The normalized spacial score (nSPS) is 17.1. The van der Waals surface area contributed by atoms with E-state index in [1.807, 2.05) is 24.3 Å². The number of fused-ring (bicyclic) bond motifs is 1. The third-order valence-electron chi connectivity index (χ3n) is 3.48. The first-order valence-corrected chi connectivity index (χ1v) is 8.16. The first-order valence-electron chi connectivity index (χ1n) is 7.34. The molecule has 23 heavy (non-hydrogen) atoms. The summed E-state index contributed by atoms with van der Waals surface area (Å²) in [7, 11) is 0. The third kappa shape index (κ3) is 3.84. The highest BCUT2D eigenvalue weighted by Gasteiger charge is 2.30. The van der Waals surface area contributed by atoms with Gasteiger partial charge in [0, 0.05) is 13.0 Å². The van der Waals surface area contributed by atoms with Gasteiger partial charge in [0.15, 0.2) is 0 Å². The molecule has 0 aliphatic carbocycles. The van der Waals surface area contributed by atoms with Crippen molar-refractivity contribution in [3.05, 3.63) is 29.3 Å². The minimum atomic E-state index is -0.772. The Morgan fingerprint density at radius 2 is 2.13 bits per heavy atom. The number of nitrogens with zero attached hydrogens (tertiary/aromatic N) is 1. The van der Waals surface area contributed by atoms with E-state index in [0.717, 1.165) is 28.1 Å². The van der Waals surface area contributed by atoms with E-state index in [2.05, 4.69) is 20.9 Å². The number of urea groups is 1. The summed E-state index contributed by atoms with van der Waals surface area (Å²) in [5, 5.41) is 8.29. The number of benzene rings is 1. The molecular weight excluding hydrogens is 316 g/mol. The van der Waals surface area contributed by atoms with Gasteiger partial charge in [-0.2, -0.15) is 0 Å². The summed E-state index contributed by atoms with van der Waals surface area (Å²) in [6, 6.07) is 6.65. The van der Waals surface area contributed by atoms with E-state index in [0.29, 0.717) is 6.54 Å². The fourth-order valence-corrected chi connectivity index (χ4v) is 3.36. The SMILES string of the molecule is O=C(C[C@@H]1NC(=O)NC1=O)NCCCc1nc2ccccc2s1. The molecule has 2 aromatic rings. The van der Waals surface area contributed by atoms with Gasteiger partial charge in [-0.3, -0.25) is 14.9 Å². The first-order chi connectivity index (χ1) is 11.1. The molecule has 7 nitrogen and oxygen atoms in total. The Morgan fingerprint density at radius 3 is 2.87 bits per heavy atom. The molecule has 2 heterocycles. The van der Waals surface area contributed by atoms with Crippen molar-refractivity contribution >= 4 is 39.4 Å². The number of carbonyl (C=O) groups is 3. The highest BCUT2D eigenvalue weighted by molar-refractivity contribution is 7.18. The second-order valence-corrected chi connectivity index (χ2v) is 6.36. The Balaban J connectivity index is 1.40. The van der Waals surface area contributed by atoms with Crippen LogP contribution in [0.5, 0.6) is 0 Å². The average Bonchev–Trinajstić information content (AvgIpc) is 3.06. The molecule has 1 aliphatic heterocycles. The van der Waals surface area contributed by atoms with Crippen molar-refractivity contribution in [2.45, 2.75) is 25.3 Å². The molecule has 0 radical (unpaired) electrons. The van der Waals surface area contributed by atoms with Gasteiger partial charge in [0.05, 0.1) is 21.6 Å². The monoisotopic (exact) mass is 332 g/mol. The Kier molecular flexibility index (Phi) is 4.52. The molecule has 1 fully saturated rings. The maximum absolute atomic E-state index is 11.7. The third-order valence-corrected chi connectivity index (χ3v) is 4.57. The van der Waals surface area contributed by atoms with Crippen molar-refractivity contribution < 1.29 is 14.4 Å². The van der Waals surface area contributed by atoms with Crippen LogP contribution in [0.3, 0.4) is 0 Å². The van der Waals surface area contributed by atoms with E-state index >= 15 is 0 Å². The minimum Gasteiger partial charge on any atom is -0.356 e. The maximum atomic E-state index is 11.7. The van der Waals surface area contributed by atoms with Gasteiger partial charge in [0.25, 0.3) is 5.91 Å². The number of aryl methyl sites for hydroxylation is 1. The van der Waals surface area contributed by atoms with Crippen LogP contribution in [-0.4, -0.2) is 35.4 Å². The van der Waals surface area contributed by atoms with Crippen LogP contribution in [0.1, 0.15) is 17.8 Å². The van der Waals surface area contributed by atoms with Gasteiger partial charge in [0.2, 0.25) is 5.91 Å². The molecule has 0 unspecified atom stereocenters. The van der Waals surface area contributed by atoms with E-state index in [9.17, 15) is 14.4 Å². The van der Waals surface area contributed by atoms with Crippen LogP contribution in [0, 0.1) is 0 Å². The zero-order valence-corrected chi connectivity index (χ0v) is 13.1. The van der Waals surface area contributed by atoms with Gasteiger partial charge in [-0.25, -0.2) is 9.78 Å². The van der Waals surface area contributed by atoms with Crippen molar-refractivity contribution in [2.24, 2.45) is 0 Å². The highest BCUT2D eigenvalue weighted by Crippen LogP contribution is 2.22. The van der Waals surface area contributed by atoms with E-state index < -0.39 is 18.0 Å². The van der Waals surface area contributed by atoms with Crippen LogP contribution in [-0.2, 0) is 16.0 Å². The standard InChI is InChI=1S/C15H16N4O3S/c20-12(8-10-14(21)19-15(22)18-10)16-7-3-6-13-17-9-4-1-2-5-11(9)23-13/h1-2,4-5,10H,3,6-8H2,(H,16,20)(H2,18,19,21,22)/t10-/m0/s1. The summed E-state index contributed by atoms with van der Waals surface area (Å²) >= 11 is 1.66. The molecule has 0 bridgehead atoms. The lowest BCUT2D eigenvalue weighted by Gasteiger charge is -2.07. The molecule has 0 spiro atoms. The van der Waals surface area contributed by atoms with E-state index in [1.165, 1.54) is 0 Å². The lowest BCUT2D eigenvalue weighted by Crippen LogP contribution is -2.36. The molecule has 1 aromatic heterocycles. The topological polar surface area (TPSA) is 100 Å². The molecule has 0 saturated carbocycles.